The summed E-state index contributed by atoms with van der Waals surface area (Å²) in [7, 11) is 0. The first kappa shape index (κ1) is 15.4. The summed E-state index contributed by atoms with van der Waals surface area (Å²) < 4.78 is 42.4. The standard InChI is InChI=1S/C18H12F3N3O/c19-10-1-4-12(5-2-10)24-9-22-17-14(8-16(25)23-18(17)24)13-7-11(20)3-6-15(13)21/h1-7,9,14H,8H2,(H,23,25)/t14-/m0/s1. The van der Waals surface area contributed by atoms with Crippen molar-refractivity contribution >= 4 is 11.7 Å². The highest BCUT2D eigenvalue weighted by molar-refractivity contribution is 5.94. The molecule has 0 saturated carbocycles. The summed E-state index contributed by atoms with van der Waals surface area (Å²) in [6, 6.07) is 8.80. The minimum absolute atomic E-state index is 0.0339. The molecule has 1 amide bonds. The van der Waals surface area contributed by atoms with Crippen LogP contribution in [0.2, 0.25) is 0 Å². The van der Waals surface area contributed by atoms with Gasteiger partial charge in [0, 0.05) is 23.6 Å². The second kappa shape index (κ2) is 5.77. The molecule has 1 aliphatic heterocycles. The minimum atomic E-state index is -0.693. The summed E-state index contributed by atoms with van der Waals surface area (Å²) in [4.78, 5) is 16.4. The van der Waals surface area contributed by atoms with Crippen molar-refractivity contribution in [1.29, 1.82) is 0 Å². The zero-order valence-electron chi connectivity index (χ0n) is 12.8. The van der Waals surface area contributed by atoms with Crippen LogP contribution >= 0.6 is 0 Å². The molecule has 4 nitrogen and oxygen atoms in total. The third kappa shape index (κ3) is 2.67. The fourth-order valence-electron chi connectivity index (χ4n) is 3.04. The quantitative estimate of drug-likeness (QED) is 0.770. The van der Waals surface area contributed by atoms with Crippen LogP contribution in [0.15, 0.2) is 48.8 Å². The predicted octanol–water partition coefficient (Wildman–Crippen LogP) is 3.76. The summed E-state index contributed by atoms with van der Waals surface area (Å²) in [5, 5.41) is 2.71. The largest absolute Gasteiger partial charge is 0.310 e. The lowest BCUT2D eigenvalue weighted by atomic mass is 9.89. The van der Waals surface area contributed by atoms with Crippen LogP contribution in [0.1, 0.15) is 23.6 Å². The molecule has 0 bridgehead atoms. The van der Waals surface area contributed by atoms with Gasteiger partial charge in [-0.05, 0) is 42.5 Å². The van der Waals surface area contributed by atoms with Crippen molar-refractivity contribution in [3.8, 4) is 5.69 Å². The molecule has 0 spiro atoms. The highest BCUT2D eigenvalue weighted by Gasteiger charge is 2.32. The van der Waals surface area contributed by atoms with Gasteiger partial charge in [-0.25, -0.2) is 18.2 Å². The normalized spacial score (nSPS) is 16.4. The number of hydrogen-bond acceptors (Lipinski definition) is 2. The molecule has 3 aromatic rings. The molecular formula is C18H12F3N3O. The minimum Gasteiger partial charge on any atom is -0.310 e. The van der Waals surface area contributed by atoms with Crippen molar-refractivity contribution in [2.75, 3.05) is 5.32 Å². The Balaban J connectivity index is 1.84. The lowest BCUT2D eigenvalue weighted by molar-refractivity contribution is -0.116. The number of anilines is 1. The number of amides is 1. The van der Waals surface area contributed by atoms with Gasteiger partial charge in [-0.3, -0.25) is 9.36 Å². The van der Waals surface area contributed by atoms with Gasteiger partial charge in [0.25, 0.3) is 0 Å². The van der Waals surface area contributed by atoms with E-state index >= 15 is 0 Å². The fraction of sp³-hybridized carbons (Fsp3) is 0.111. The number of rotatable bonds is 2. The number of nitrogens with one attached hydrogen (secondary N) is 1. The van der Waals surface area contributed by atoms with E-state index < -0.39 is 17.6 Å². The smallest absolute Gasteiger partial charge is 0.226 e. The average Bonchev–Trinajstić information content (AvgIpc) is 3.01. The molecule has 0 unspecified atom stereocenters. The Morgan fingerprint density at radius 1 is 1.04 bits per heavy atom. The molecule has 25 heavy (non-hydrogen) atoms. The molecule has 0 fully saturated rings. The number of fused-ring (bicyclic) bond motifs is 1. The van der Waals surface area contributed by atoms with E-state index in [9.17, 15) is 18.0 Å². The topological polar surface area (TPSA) is 46.9 Å². The molecule has 0 aliphatic carbocycles. The second-order valence-corrected chi connectivity index (χ2v) is 5.80. The molecule has 1 N–H and O–H groups in total. The van der Waals surface area contributed by atoms with Crippen molar-refractivity contribution in [2.24, 2.45) is 0 Å². The van der Waals surface area contributed by atoms with Gasteiger partial charge in [0.15, 0.2) is 0 Å². The monoisotopic (exact) mass is 343 g/mol. The number of imidazole rings is 1. The van der Waals surface area contributed by atoms with Crippen molar-refractivity contribution in [3.63, 3.8) is 0 Å². The van der Waals surface area contributed by atoms with Crippen molar-refractivity contribution in [2.45, 2.75) is 12.3 Å². The van der Waals surface area contributed by atoms with Gasteiger partial charge in [-0.2, -0.15) is 0 Å². The van der Waals surface area contributed by atoms with Crippen LogP contribution in [0.25, 0.3) is 5.69 Å². The van der Waals surface area contributed by atoms with Crippen molar-refractivity contribution in [1.82, 2.24) is 9.55 Å². The van der Waals surface area contributed by atoms with Gasteiger partial charge in [0.1, 0.15) is 29.6 Å². The van der Waals surface area contributed by atoms with Gasteiger partial charge in [-0.1, -0.05) is 0 Å². The molecule has 126 valence electrons. The first-order chi connectivity index (χ1) is 12.0. The third-order valence-corrected chi connectivity index (χ3v) is 4.21. The van der Waals surface area contributed by atoms with Crippen LogP contribution < -0.4 is 5.32 Å². The van der Waals surface area contributed by atoms with Crippen LogP contribution in [0.4, 0.5) is 19.0 Å². The molecule has 1 atom stereocenters. The zero-order valence-corrected chi connectivity index (χ0v) is 12.8. The first-order valence-corrected chi connectivity index (χ1v) is 7.61. The number of nitrogens with zero attached hydrogens (tertiary/aromatic N) is 2. The van der Waals surface area contributed by atoms with Crippen LogP contribution in [-0.2, 0) is 4.79 Å². The second-order valence-electron chi connectivity index (χ2n) is 5.80. The van der Waals surface area contributed by atoms with Crippen molar-refractivity contribution < 1.29 is 18.0 Å². The van der Waals surface area contributed by atoms with Gasteiger partial charge in [0.05, 0.1) is 5.69 Å². The van der Waals surface area contributed by atoms with E-state index in [2.05, 4.69) is 10.3 Å². The summed E-state index contributed by atoms with van der Waals surface area (Å²) in [5.74, 6) is -2.21. The molecular weight excluding hydrogens is 331 g/mol. The average molecular weight is 343 g/mol. The Labute approximate surface area is 140 Å². The van der Waals surface area contributed by atoms with E-state index in [1.807, 2.05) is 0 Å². The third-order valence-electron chi connectivity index (χ3n) is 4.21. The zero-order chi connectivity index (χ0) is 17.6. The van der Waals surface area contributed by atoms with Gasteiger partial charge < -0.3 is 5.32 Å². The maximum atomic E-state index is 14.2. The summed E-state index contributed by atoms with van der Waals surface area (Å²) in [6.45, 7) is 0. The number of hydrogen-bond donors (Lipinski definition) is 1. The molecule has 1 aromatic heterocycles. The molecule has 0 radical (unpaired) electrons. The molecule has 2 aromatic carbocycles. The van der Waals surface area contributed by atoms with E-state index in [1.54, 1.807) is 4.57 Å². The van der Waals surface area contributed by atoms with E-state index in [4.69, 9.17) is 0 Å². The molecule has 2 heterocycles. The van der Waals surface area contributed by atoms with Crippen molar-refractivity contribution in [3.05, 3.63) is 77.5 Å². The Kier molecular flexibility index (Phi) is 3.56. The number of carbonyl (C=O) groups excluding carboxylic acids is 1. The molecule has 4 rings (SSSR count). The SMILES string of the molecule is O=C1C[C@@H](c2cc(F)ccc2F)c2ncn(-c3ccc(F)cc3)c2N1. The predicted molar refractivity (Wildman–Crippen MR) is 85.0 cm³/mol. The Morgan fingerprint density at radius 2 is 1.76 bits per heavy atom. The maximum Gasteiger partial charge on any atom is 0.226 e. The lowest BCUT2D eigenvalue weighted by Gasteiger charge is -2.23. The van der Waals surface area contributed by atoms with Crippen LogP contribution in [0.3, 0.4) is 0 Å². The molecule has 0 saturated heterocycles. The molecule has 1 aliphatic rings. The van der Waals surface area contributed by atoms with E-state index in [0.29, 0.717) is 17.2 Å². The lowest BCUT2D eigenvalue weighted by Crippen LogP contribution is -2.25. The number of carbonyl (C=O) groups is 1. The maximum absolute atomic E-state index is 14.2. The fourth-order valence-corrected chi connectivity index (χ4v) is 3.04. The Morgan fingerprint density at radius 3 is 2.52 bits per heavy atom. The van der Waals surface area contributed by atoms with E-state index in [1.165, 1.54) is 30.6 Å². The van der Waals surface area contributed by atoms with E-state index in [0.717, 1.165) is 18.2 Å². The highest BCUT2D eigenvalue weighted by Crippen LogP contribution is 2.38. The number of aromatic nitrogens is 2. The van der Waals surface area contributed by atoms with Gasteiger partial charge >= 0.3 is 0 Å². The van der Waals surface area contributed by atoms with Gasteiger partial charge in [0.2, 0.25) is 5.91 Å². The van der Waals surface area contributed by atoms with E-state index in [-0.39, 0.29) is 23.7 Å². The highest BCUT2D eigenvalue weighted by atomic mass is 19.1. The molecule has 7 heteroatoms. The van der Waals surface area contributed by atoms with Crippen LogP contribution in [0, 0.1) is 17.5 Å². The number of benzene rings is 2. The number of halogens is 3. The summed E-state index contributed by atoms with van der Waals surface area (Å²) in [6.07, 6.45) is 1.43. The summed E-state index contributed by atoms with van der Waals surface area (Å²) >= 11 is 0. The summed E-state index contributed by atoms with van der Waals surface area (Å²) in [5.41, 5.74) is 1.12. The first-order valence-electron chi connectivity index (χ1n) is 7.61. The Hall–Kier alpha value is -3.09. The van der Waals surface area contributed by atoms with Gasteiger partial charge in [-0.15, -0.1) is 0 Å². The van der Waals surface area contributed by atoms with Crippen LogP contribution in [-0.4, -0.2) is 15.5 Å². The van der Waals surface area contributed by atoms with Crippen LogP contribution in [0.5, 0.6) is 0 Å². The Bertz CT molecular complexity index is 966.